The number of carbonyl (C=O) groups is 1. The van der Waals surface area contributed by atoms with Gasteiger partial charge in [0.05, 0.1) is 16.2 Å². The summed E-state index contributed by atoms with van der Waals surface area (Å²) in [5, 5.41) is 8.95. The molecule has 2 aliphatic heterocycles. The van der Waals surface area contributed by atoms with E-state index in [2.05, 4.69) is 0 Å². The number of hydrogen-bond donors (Lipinski definition) is 2. The Kier molecular flexibility index (Phi) is 4.59. The summed E-state index contributed by atoms with van der Waals surface area (Å²) in [5.41, 5.74) is 5.27. The lowest BCUT2D eigenvalue weighted by atomic mass is 9.96. The number of carboxylic acids is 1. The van der Waals surface area contributed by atoms with E-state index in [0.717, 1.165) is 30.7 Å². The number of aromatic nitrogens is 1. The highest BCUT2D eigenvalue weighted by molar-refractivity contribution is 8.00. The fourth-order valence-electron chi connectivity index (χ4n) is 3.87. The fraction of sp³-hybridized carbons (Fsp3) is 0.444. The lowest BCUT2D eigenvalue weighted by molar-refractivity contribution is 0.0689. The van der Waals surface area contributed by atoms with Crippen molar-refractivity contribution in [3.63, 3.8) is 0 Å². The van der Waals surface area contributed by atoms with Crippen LogP contribution in [0.2, 0.25) is 0 Å². The van der Waals surface area contributed by atoms with Crippen LogP contribution >= 0.6 is 11.8 Å². The normalized spacial score (nSPS) is 19.8. The molecule has 4 rings (SSSR count). The number of alkyl halides is 1. The second kappa shape index (κ2) is 6.79. The topological polar surface area (TPSA) is 88.6 Å². The zero-order valence-electron chi connectivity index (χ0n) is 14.5. The minimum atomic E-state index is -1.39. The lowest BCUT2D eigenvalue weighted by Gasteiger charge is -2.35. The third-order valence-corrected chi connectivity index (χ3v) is 6.63. The van der Waals surface area contributed by atoms with Crippen molar-refractivity contribution in [1.82, 2.24) is 4.57 Å². The van der Waals surface area contributed by atoms with Crippen LogP contribution in [-0.2, 0) is 0 Å². The van der Waals surface area contributed by atoms with Crippen LogP contribution in [0.4, 0.5) is 14.5 Å². The second-order valence-corrected chi connectivity index (χ2v) is 8.06. The molecule has 1 unspecified atom stereocenters. The Morgan fingerprint density at radius 1 is 1.33 bits per heavy atom. The van der Waals surface area contributed by atoms with Crippen molar-refractivity contribution in [1.29, 1.82) is 0 Å². The molecule has 0 bridgehead atoms. The van der Waals surface area contributed by atoms with E-state index in [1.54, 1.807) is 6.07 Å². The number of benzene rings is 1. The smallest absolute Gasteiger partial charge is 0.342 e. The number of halogens is 2. The van der Waals surface area contributed by atoms with E-state index in [0.29, 0.717) is 36.8 Å². The molecule has 3 N–H and O–H groups in total. The summed E-state index contributed by atoms with van der Waals surface area (Å²) in [6, 6.07) is 2.63. The van der Waals surface area contributed by atoms with E-state index in [4.69, 9.17) is 5.73 Å². The van der Waals surface area contributed by atoms with Crippen LogP contribution in [0.5, 0.6) is 0 Å². The zero-order chi connectivity index (χ0) is 19.3. The van der Waals surface area contributed by atoms with E-state index < -0.39 is 34.8 Å². The van der Waals surface area contributed by atoms with Gasteiger partial charge in [-0.15, -0.1) is 0 Å². The van der Waals surface area contributed by atoms with Gasteiger partial charge < -0.3 is 20.3 Å². The van der Waals surface area contributed by atoms with Gasteiger partial charge in [-0.25, -0.2) is 13.6 Å². The SMILES string of the molecule is NCC1CCN(c2cc3c(cc2F)c(=O)c(C(=O)O)c2n3C(CF)S2)CC1. The van der Waals surface area contributed by atoms with Gasteiger partial charge in [0.1, 0.15) is 23.4 Å². The van der Waals surface area contributed by atoms with E-state index >= 15 is 0 Å². The van der Waals surface area contributed by atoms with Crippen molar-refractivity contribution in [2.75, 3.05) is 31.2 Å². The Morgan fingerprint density at radius 2 is 2.04 bits per heavy atom. The third kappa shape index (κ3) is 2.80. The van der Waals surface area contributed by atoms with Gasteiger partial charge in [0, 0.05) is 18.5 Å². The number of piperidine rings is 1. The second-order valence-electron chi connectivity index (χ2n) is 6.90. The molecule has 6 nitrogen and oxygen atoms in total. The molecule has 27 heavy (non-hydrogen) atoms. The van der Waals surface area contributed by atoms with Crippen LogP contribution in [0, 0.1) is 11.7 Å². The van der Waals surface area contributed by atoms with E-state index in [1.807, 2.05) is 4.90 Å². The number of anilines is 1. The summed E-state index contributed by atoms with van der Waals surface area (Å²) >= 11 is 1.02. The molecular formula is C18H19F2N3O3S. The van der Waals surface area contributed by atoms with Crippen LogP contribution in [0.15, 0.2) is 22.0 Å². The highest BCUT2D eigenvalue weighted by Crippen LogP contribution is 2.47. The summed E-state index contributed by atoms with van der Waals surface area (Å²) in [6.45, 7) is 1.19. The maximum atomic E-state index is 14.8. The molecule has 1 saturated heterocycles. The number of hydrogen-bond acceptors (Lipinski definition) is 5. The van der Waals surface area contributed by atoms with Gasteiger partial charge in [-0.05, 0) is 37.4 Å². The molecule has 144 valence electrons. The minimum Gasteiger partial charge on any atom is -0.477 e. The fourth-order valence-corrected chi connectivity index (χ4v) is 4.99. The van der Waals surface area contributed by atoms with Crippen LogP contribution in [0.25, 0.3) is 10.9 Å². The van der Waals surface area contributed by atoms with Gasteiger partial charge in [0.15, 0.2) is 0 Å². The first-order valence-electron chi connectivity index (χ1n) is 8.79. The minimum absolute atomic E-state index is 0.0343. The van der Waals surface area contributed by atoms with Gasteiger partial charge in [-0.1, -0.05) is 11.8 Å². The molecular weight excluding hydrogens is 376 g/mol. The van der Waals surface area contributed by atoms with Crippen molar-refractivity contribution in [2.24, 2.45) is 11.7 Å². The monoisotopic (exact) mass is 395 g/mol. The third-order valence-electron chi connectivity index (χ3n) is 5.40. The number of nitrogens with two attached hydrogens (primary N) is 1. The van der Waals surface area contributed by atoms with Crippen molar-refractivity contribution < 1.29 is 18.7 Å². The summed E-state index contributed by atoms with van der Waals surface area (Å²) < 4.78 is 29.6. The summed E-state index contributed by atoms with van der Waals surface area (Å²) in [6.07, 6.45) is 1.71. The predicted molar refractivity (Wildman–Crippen MR) is 100.0 cm³/mol. The lowest BCUT2D eigenvalue weighted by Crippen LogP contribution is -2.37. The average Bonchev–Trinajstić information content (AvgIpc) is 2.64. The number of aromatic carboxylic acids is 1. The molecule has 0 spiro atoms. The van der Waals surface area contributed by atoms with E-state index in [1.165, 1.54) is 4.57 Å². The van der Waals surface area contributed by atoms with Crippen LogP contribution in [0.1, 0.15) is 28.6 Å². The Hall–Kier alpha value is -2.13. The van der Waals surface area contributed by atoms with E-state index in [-0.39, 0.29) is 10.4 Å². The molecule has 0 aliphatic carbocycles. The number of carboxylic acid groups (broad SMARTS) is 1. The first-order chi connectivity index (χ1) is 13.0. The zero-order valence-corrected chi connectivity index (χ0v) is 15.3. The first-order valence-corrected chi connectivity index (χ1v) is 9.66. The molecule has 2 aromatic rings. The standard InChI is InChI=1S/C18H19F2N3O3S/c19-7-14-23-12-6-13(22-3-1-9(8-21)2-4-22)11(20)5-10(12)16(24)15(18(25)26)17(23)27-14/h5-6,9,14H,1-4,7-8,21H2,(H,25,26). The number of pyridine rings is 1. The molecule has 2 aliphatic rings. The largest absolute Gasteiger partial charge is 0.477 e. The molecule has 9 heteroatoms. The first kappa shape index (κ1) is 18.2. The van der Waals surface area contributed by atoms with Gasteiger partial charge in [0.2, 0.25) is 5.43 Å². The summed E-state index contributed by atoms with van der Waals surface area (Å²) in [4.78, 5) is 26.0. The van der Waals surface area contributed by atoms with Crippen molar-refractivity contribution >= 4 is 34.3 Å². The molecule has 0 amide bonds. The van der Waals surface area contributed by atoms with Gasteiger partial charge >= 0.3 is 5.97 Å². The number of rotatable bonds is 4. The maximum absolute atomic E-state index is 14.8. The quantitative estimate of drug-likeness (QED) is 0.827. The Bertz CT molecular complexity index is 986. The summed E-state index contributed by atoms with van der Waals surface area (Å²) in [5.74, 6) is -1.55. The van der Waals surface area contributed by atoms with Crippen LogP contribution < -0.4 is 16.1 Å². The number of fused-ring (bicyclic) bond motifs is 3. The molecule has 1 fully saturated rings. The highest BCUT2D eigenvalue weighted by atomic mass is 32.2. The Morgan fingerprint density at radius 3 is 2.63 bits per heavy atom. The van der Waals surface area contributed by atoms with Gasteiger partial charge in [0.25, 0.3) is 0 Å². The Labute approximate surface area is 157 Å². The molecule has 3 heterocycles. The average molecular weight is 395 g/mol. The van der Waals surface area contributed by atoms with Crippen molar-refractivity contribution in [3.05, 3.63) is 33.7 Å². The van der Waals surface area contributed by atoms with E-state index in [9.17, 15) is 23.5 Å². The van der Waals surface area contributed by atoms with Gasteiger partial charge in [-0.2, -0.15) is 0 Å². The number of thioether (sulfide) groups is 1. The van der Waals surface area contributed by atoms with Crippen molar-refractivity contribution in [2.45, 2.75) is 23.2 Å². The highest BCUT2D eigenvalue weighted by Gasteiger charge is 2.35. The molecule has 0 radical (unpaired) electrons. The van der Waals surface area contributed by atoms with Crippen LogP contribution in [-0.4, -0.2) is 42.0 Å². The van der Waals surface area contributed by atoms with Crippen LogP contribution in [0.3, 0.4) is 0 Å². The van der Waals surface area contributed by atoms with Gasteiger partial charge in [-0.3, -0.25) is 4.79 Å². The molecule has 1 aromatic carbocycles. The molecule has 1 atom stereocenters. The maximum Gasteiger partial charge on any atom is 0.342 e. The summed E-state index contributed by atoms with van der Waals surface area (Å²) in [7, 11) is 0. The predicted octanol–water partition coefficient (Wildman–Crippen LogP) is 2.59. The Balaban J connectivity index is 1.87. The van der Waals surface area contributed by atoms with Crippen molar-refractivity contribution in [3.8, 4) is 0 Å². The number of nitrogens with zero attached hydrogens (tertiary/aromatic N) is 2. The molecule has 1 aromatic heterocycles. The molecule has 0 saturated carbocycles.